The Bertz CT molecular complexity index is 631. The van der Waals surface area contributed by atoms with Crippen molar-refractivity contribution in [3.63, 3.8) is 0 Å². The van der Waals surface area contributed by atoms with E-state index in [1.54, 1.807) is 37.4 Å². The van der Waals surface area contributed by atoms with Gasteiger partial charge in [0.2, 0.25) is 0 Å². The number of benzene rings is 2. The van der Waals surface area contributed by atoms with E-state index in [4.69, 9.17) is 10.5 Å². The van der Waals surface area contributed by atoms with Gasteiger partial charge in [0.05, 0.1) is 23.7 Å². The van der Waals surface area contributed by atoms with Gasteiger partial charge in [-0.15, -0.1) is 0 Å². The van der Waals surface area contributed by atoms with Crippen molar-refractivity contribution in [3.8, 4) is 5.75 Å². The first-order chi connectivity index (χ1) is 9.63. The molecule has 2 aromatic carbocycles. The summed E-state index contributed by atoms with van der Waals surface area (Å²) < 4.78 is 30.6. The van der Waals surface area contributed by atoms with Crippen molar-refractivity contribution >= 4 is 10.8 Å². The number of ether oxygens (including phenoxy) is 1. The highest BCUT2D eigenvalue weighted by molar-refractivity contribution is 7.84. The Labute approximate surface area is 120 Å². The topological polar surface area (TPSA) is 52.3 Å². The van der Waals surface area contributed by atoms with Crippen LogP contribution in [0.2, 0.25) is 0 Å². The number of halogens is 1. The third kappa shape index (κ3) is 3.43. The average Bonchev–Trinajstić information content (AvgIpc) is 2.49. The Kier molecular flexibility index (Phi) is 4.87. The molecule has 0 spiro atoms. The van der Waals surface area contributed by atoms with Crippen molar-refractivity contribution in [2.45, 2.75) is 17.2 Å². The molecule has 0 aliphatic rings. The SMILES string of the molecule is COc1cccc(S(=O)Cc2ccc(F)cc2CN)c1. The molecular weight excluding hydrogens is 277 g/mol. The summed E-state index contributed by atoms with van der Waals surface area (Å²) in [6, 6.07) is 11.5. The third-order valence-electron chi connectivity index (χ3n) is 2.98. The second-order valence-corrected chi connectivity index (χ2v) is 5.74. The number of nitrogens with two attached hydrogens (primary N) is 1. The molecule has 0 aliphatic heterocycles. The molecule has 0 saturated carbocycles. The minimum Gasteiger partial charge on any atom is -0.497 e. The molecule has 0 aliphatic carbocycles. The van der Waals surface area contributed by atoms with Crippen LogP contribution in [0.3, 0.4) is 0 Å². The zero-order chi connectivity index (χ0) is 14.5. The minimum absolute atomic E-state index is 0.225. The zero-order valence-electron chi connectivity index (χ0n) is 11.1. The lowest BCUT2D eigenvalue weighted by Crippen LogP contribution is -2.05. The fraction of sp³-hybridized carbons (Fsp3) is 0.200. The molecule has 0 saturated heterocycles. The normalized spacial score (nSPS) is 12.2. The van der Waals surface area contributed by atoms with Gasteiger partial charge in [0.25, 0.3) is 0 Å². The lowest BCUT2D eigenvalue weighted by atomic mass is 10.1. The monoisotopic (exact) mass is 293 g/mol. The van der Waals surface area contributed by atoms with E-state index < -0.39 is 10.8 Å². The standard InChI is InChI=1S/C15H16FNO2S/c1-19-14-3-2-4-15(8-14)20(18)10-11-5-6-13(16)7-12(11)9-17/h2-8H,9-10,17H2,1H3. The number of hydrogen-bond donors (Lipinski definition) is 1. The summed E-state index contributed by atoms with van der Waals surface area (Å²) in [6.07, 6.45) is 0. The maximum atomic E-state index is 13.1. The molecule has 106 valence electrons. The molecule has 0 fully saturated rings. The van der Waals surface area contributed by atoms with E-state index in [2.05, 4.69) is 0 Å². The molecule has 0 heterocycles. The summed E-state index contributed by atoms with van der Waals surface area (Å²) in [4.78, 5) is 0.677. The van der Waals surface area contributed by atoms with Gasteiger partial charge in [0.15, 0.2) is 0 Å². The highest BCUT2D eigenvalue weighted by atomic mass is 32.2. The predicted molar refractivity (Wildman–Crippen MR) is 77.4 cm³/mol. The fourth-order valence-electron chi connectivity index (χ4n) is 1.89. The van der Waals surface area contributed by atoms with Crippen molar-refractivity contribution in [1.82, 2.24) is 0 Å². The summed E-state index contributed by atoms with van der Waals surface area (Å²) in [7, 11) is 0.341. The lowest BCUT2D eigenvalue weighted by molar-refractivity contribution is 0.413. The molecule has 0 aromatic heterocycles. The Morgan fingerprint density at radius 3 is 2.70 bits per heavy atom. The van der Waals surface area contributed by atoms with Crippen molar-refractivity contribution in [1.29, 1.82) is 0 Å². The molecule has 5 heteroatoms. The molecule has 3 nitrogen and oxygen atoms in total. The van der Waals surface area contributed by atoms with Crippen LogP contribution in [0.4, 0.5) is 4.39 Å². The molecule has 1 unspecified atom stereocenters. The largest absolute Gasteiger partial charge is 0.497 e. The number of rotatable bonds is 5. The van der Waals surface area contributed by atoms with Crippen LogP contribution >= 0.6 is 0 Å². The quantitative estimate of drug-likeness (QED) is 0.922. The summed E-state index contributed by atoms with van der Waals surface area (Å²) in [5.74, 6) is 0.635. The molecule has 2 N–H and O–H groups in total. The predicted octanol–water partition coefficient (Wildman–Crippen LogP) is 2.60. The Hall–Kier alpha value is -1.72. The highest BCUT2D eigenvalue weighted by Gasteiger charge is 2.10. The molecule has 1 atom stereocenters. The van der Waals surface area contributed by atoms with E-state index in [0.717, 1.165) is 5.56 Å². The number of methoxy groups -OCH3 is 1. The van der Waals surface area contributed by atoms with Gasteiger partial charge < -0.3 is 10.5 Å². The fourth-order valence-corrected chi connectivity index (χ4v) is 3.10. The summed E-state index contributed by atoms with van der Waals surface area (Å²) in [5, 5.41) is 0. The summed E-state index contributed by atoms with van der Waals surface area (Å²) in [6.45, 7) is 0.225. The van der Waals surface area contributed by atoms with Crippen LogP contribution in [0.25, 0.3) is 0 Å². The Balaban J connectivity index is 2.23. The molecule has 0 radical (unpaired) electrons. The van der Waals surface area contributed by atoms with Crippen molar-refractivity contribution in [2.75, 3.05) is 7.11 Å². The van der Waals surface area contributed by atoms with Gasteiger partial charge in [0.1, 0.15) is 11.6 Å². The van der Waals surface area contributed by atoms with Gasteiger partial charge in [-0.25, -0.2) is 4.39 Å². The lowest BCUT2D eigenvalue weighted by Gasteiger charge is -2.09. The molecule has 0 amide bonds. The third-order valence-corrected chi connectivity index (χ3v) is 4.33. The molecule has 0 bridgehead atoms. The second-order valence-electron chi connectivity index (χ2n) is 4.29. The Morgan fingerprint density at radius 2 is 2.00 bits per heavy atom. The zero-order valence-corrected chi connectivity index (χ0v) is 12.0. The van der Waals surface area contributed by atoms with Gasteiger partial charge in [-0.05, 0) is 41.5 Å². The van der Waals surface area contributed by atoms with E-state index in [9.17, 15) is 8.60 Å². The van der Waals surface area contributed by atoms with Crippen LogP contribution in [0.5, 0.6) is 5.75 Å². The van der Waals surface area contributed by atoms with Crippen LogP contribution < -0.4 is 10.5 Å². The first-order valence-electron chi connectivity index (χ1n) is 6.14. The average molecular weight is 293 g/mol. The van der Waals surface area contributed by atoms with Crippen LogP contribution in [-0.2, 0) is 23.1 Å². The van der Waals surface area contributed by atoms with Crippen LogP contribution in [0.15, 0.2) is 47.4 Å². The van der Waals surface area contributed by atoms with Crippen LogP contribution in [-0.4, -0.2) is 11.3 Å². The highest BCUT2D eigenvalue weighted by Crippen LogP contribution is 2.20. The maximum Gasteiger partial charge on any atom is 0.123 e. The molecule has 2 rings (SSSR count). The van der Waals surface area contributed by atoms with Gasteiger partial charge in [0, 0.05) is 11.4 Å². The van der Waals surface area contributed by atoms with Crippen LogP contribution in [0, 0.1) is 5.82 Å². The first-order valence-corrected chi connectivity index (χ1v) is 7.45. The van der Waals surface area contributed by atoms with Crippen molar-refractivity contribution in [3.05, 3.63) is 59.4 Å². The Morgan fingerprint density at radius 1 is 1.20 bits per heavy atom. The van der Waals surface area contributed by atoms with Gasteiger partial charge >= 0.3 is 0 Å². The van der Waals surface area contributed by atoms with E-state index in [0.29, 0.717) is 22.0 Å². The van der Waals surface area contributed by atoms with E-state index in [-0.39, 0.29) is 12.4 Å². The summed E-state index contributed by atoms with van der Waals surface area (Å²) >= 11 is 0. The van der Waals surface area contributed by atoms with Gasteiger partial charge in [-0.2, -0.15) is 0 Å². The summed E-state index contributed by atoms with van der Waals surface area (Å²) in [5.41, 5.74) is 7.08. The van der Waals surface area contributed by atoms with Crippen LogP contribution in [0.1, 0.15) is 11.1 Å². The first kappa shape index (κ1) is 14.7. The molecular formula is C15H16FNO2S. The van der Waals surface area contributed by atoms with Crippen molar-refractivity contribution in [2.24, 2.45) is 5.73 Å². The smallest absolute Gasteiger partial charge is 0.123 e. The maximum absolute atomic E-state index is 13.1. The van der Waals surface area contributed by atoms with E-state index in [1.807, 2.05) is 0 Å². The van der Waals surface area contributed by atoms with Crippen molar-refractivity contribution < 1.29 is 13.3 Å². The number of hydrogen-bond acceptors (Lipinski definition) is 3. The molecule has 20 heavy (non-hydrogen) atoms. The van der Waals surface area contributed by atoms with E-state index in [1.165, 1.54) is 12.1 Å². The minimum atomic E-state index is -1.22. The van der Waals surface area contributed by atoms with Gasteiger partial charge in [-0.3, -0.25) is 4.21 Å². The second kappa shape index (κ2) is 6.63. The molecule has 2 aromatic rings. The van der Waals surface area contributed by atoms with E-state index >= 15 is 0 Å². The van der Waals surface area contributed by atoms with Gasteiger partial charge in [-0.1, -0.05) is 12.1 Å².